The first kappa shape index (κ1) is 13.6. The summed E-state index contributed by atoms with van der Waals surface area (Å²) in [6, 6.07) is 8.29. The summed E-state index contributed by atoms with van der Waals surface area (Å²) in [7, 11) is 0. The average Bonchev–Trinajstić information content (AvgIpc) is 2.80. The summed E-state index contributed by atoms with van der Waals surface area (Å²) in [6.07, 6.45) is 7.06. The molecule has 0 amide bonds. The fourth-order valence-electron chi connectivity index (χ4n) is 1.91. The third-order valence-electron chi connectivity index (χ3n) is 2.91. The van der Waals surface area contributed by atoms with E-state index in [1.165, 1.54) is 11.3 Å². The van der Waals surface area contributed by atoms with Crippen molar-refractivity contribution in [1.29, 1.82) is 0 Å². The van der Waals surface area contributed by atoms with Crippen molar-refractivity contribution in [2.45, 2.75) is 25.8 Å². The molecule has 96 valence electrons. The summed E-state index contributed by atoms with van der Waals surface area (Å²) in [4.78, 5) is 4.24. The van der Waals surface area contributed by atoms with Crippen molar-refractivity contribution in [2.24, 2.45) is 0 Å². The predicted octanol–water partition coefficient (Wildman–Crippen LogP) is 4.26. The molecule has 0 spiro atoms. The lowest BCUT2D eigenvalue weighted by Gasteiger charge is -2.09. The molecule has 18 heavy (non-hydrogen) atoms. The van der Waals surface area contributed by atoms with Crippen LogP contribution in [0.25, 0.3) is 0 Å². The molecule has 1 heterocycles. The topological polar surface area (TPSA) is 17.8 Å². The Morgan fingerprint density at radius 1 is 1.22 bits per heavy atom. The summed E-state index contributed by atoms with van der Waals surface area (Å²) in [5.41, 5.74) is 2.55. The third-order valence-corrected chi connectivity index (χ3v) is 3.95. The lowest BCUT2D eigenvalue weighted by Crippen LogP contribution is -2.04. The van der Waals surface area contributed by atoms with E-state index < -0.39 is 0 Å². The highest BCUT2D eigenvalue weighted by atomic mass is 79.9. The van der Waals surface area contributed by atoms with Crippen LogP contribution in [0, 0.1) is 0 Å². The number of halogens is 2. The molecule has 0 aliphatic carbocycles. The Bertz CT molecular complexity index is 496. The minimum atomic E-state index is 0.734. The van der Waals surface area contributed by atoms with E-state index in [1.807, 2.05) is 18.6 Å². The van der Waals surface area contributed by atoms with Crippen molar-refractivity contribution in [3.63, 3.8) is 0 Å². The standard InChI is InChI=1S/C14H16BrClN2/c15-14-7-2-1-5-12(14)10-18-11-17-9-13(18)6-3-4-8-16/h1-2,5,7,9,11H,3-4,6,8,10H2. The molecule has 0 unspecified atom stereocenters. The zero-order chi connectivity index (χ0) is 12.8. The molecule has 0 saturated heterocycles. The Labute approximate surface area is 121 Å². The van der Waals surface area contributed by atoms with Crippen LogP contribution in [-0.2, 0) is 13.0 Å². The van der Waals surface area contributed by atoms with Crippen molar-refractivity contribution < 1.29 is 0 Å². The quantitative estimate of drug-likeness (QED) is 0.573. The van der Waals surface area contributed by atoms with E-state index in [0.29, 0.717) is 0 Å². The minimum absolute atomic E-state index is 0.734. The zero-order valence-electron chi connectivity index (χ0n) is 10.1. The molecule has 0 aliphatic rings. The van der Waals surface area contributed by atoms with Crippen LogP contribution in [0.15, 0.2) is 41.3 Å². The van der Waals surface area contributed by atoms with Gasteiger partial charge in [-0.15, -0.1) is 11.6 Å². The van der Waals surface area contributed by atoms with Gasteiger partial charge in [0.2, 0.25) is 0 Å². The number of unbranched alkanes of at least 4 members (excludes halogenated alkanes) is 1. The highest BCUT2D eigenvalue weighted by Crippen LogP contribution is 2.18. The van der Waals surface area contributed by atoms with Gasteiger partial charge in [0, 0.05) is 28.8 Å². The van der Waals surface area contributed by atoms with Crippen LogP contribution in [-0.4, -0.2) is 15.4 Å². The predicted molar refractivity (Wildman–Crippen MR) is 79.1 cm³/mol. The maximum atomic E-state index is 5.70. The number of nitrogens with zero attached hydrogens (tertiary/aromatic N) is 2. The van der Waals surface area contributed by atoms with Crippen LogP contribution in [0.1, 0.15) is 24.1 Å². The second-order valence-corrected chi connectivity index (χ2v) is 5.48. The second kappa shape index (κ2) is 6.95. The number of hydrogen-bond acceptors (Lipinski definition) is 1. The lowest BCUT2D eigenvalue weighted by atomic mass is 10.2. The van der Waals surface area contributed by atoms with Crippen molar-refractivity contribution in [3.05, 3.63) is 52.5 Å². The number of alkyl halides is 1. The van der Waals surface area contributed by atoms with Crippen LogP contribution in [0.2, 0.25) is 0 Å². The molecule has 0 aliphatic heterocycles. The Morgan fingerprint density at radius 2 is 2.06 bits per heavy atom. The van der Waals surface area contributed by atoms with Crippen molar-refractivity contribution >= 4 is 27.5 Å². The van der Waals surface area contributed by atoms with Gasteiger partial charge in [-0.05, 0) is 30.9 Å². The van der Waals surface area contributed by atoms with Crippen molar-refractivity contribution in [1.82, 2.24) is 9.55 Å². The van der Waals surface area contributed by atoms with Crippen LogP contribution in [0.5, 0.6) is 0 Å². The maximum Gasteiger partial charge on any atom is 0.0951 e. The minimum Gasteiger partial charge on any atom is -0.330 e. The molecule has 2 aromatic rings. The Morgan fingerprint density at radius 3 is 2.83 bits per heavy atom. The summed E-state index contributed by atoms with van der Waals surface area (Å²) in [5, 5.41) is 0. The Balaban J connectivity index is 2.05. The number of aromatic nitrogens is 2. The molecule has 0 atom stereocenters. The molecule has 0 saturated carbocycles. The van der Waals surface area contributed by atoms with Gasteiger partial charge in [-0.25, -0.2) is 4.98 Å². The van der Waals surface area contributed by atoms with Gasteiger partial charge in [0.25, 0.3) is 0 Å². The van der Waals surface area contributed by atoms with Crippen LogP contribution in [0.3, 0.4) is 0 Å². The first-order valence-electron chi connectivity index (χ1n) is 6.09. The number of benzene rings is 1. The first-order chi connectivity index (χ1) is 8.81. The van der Waals surface area contributed by atoms with Gasteiger partial charge < -0.3 is 4.57 Å². The van der Waals surface area contributed by atoms with Crippen molar-refractivity contribution in [3.8, 4) is 0 Å². The van der Waals surface area contributed by atoms with Crippen LogP contribution < -0.4 is 0 Å². The monoisotopic (exact) mass is 326 g/mol. The largest absolute Gasteiger partial charge is 0.330 e. The molecule has 0 N–H and O–H groups in total. The number of aryl methyl sites for hydroxylation is 1. The van der Waals surface area contributed by atoms with E-state index in [2.05, 4.69) is 43.7 Å². The van der Waals surface area contributed by atoms with E-state index in [0.717, 1.165) is 36.2 Å². The van der Waals surface area contributed by atoms with E-state index >= 15 is 0 Å². The highest BCUT2D eigenvalue weighted by molar-refractivity contribution is 9.10. The Kier molecular flexibility index (Phi) is 5.26. The molecule has 4 heteroatoms. The SMILES string of the molecule is ClCCCCc1cncn1Cc1ccccc1Br. The summed E-state index contributed by atoms with van der Waals surface area (Å²) < 4.78 is 3.35. The van der Waals surface area contributed by atoms with Crippen LogP contribution in [0.4, 0.5) is 0 Å². The Hall–Kier alpha value is -0.800. The molecule has 2 rings (SSSR count). The van der Waals surface area contributed by atoms with Gasteiger partial charge >= 0.3 is 0 Å². The van der Waals surface area contributed by atoms with E-state index in [1.54, 1.807) is 0 Å². The third kappa shape index (κ3) is 3.59. The van der Waals surface area contributed by atoms with E-state index in [4.69, 9.17) is 11.6 Å². The summed E-state index contributed by atoms with van der Waals surface area (Å²) in [5.74, 6) is 0.734. The van der Waals surface area contributed by atoms with E-state index in [-0.39, 0.29) is 0 Å². The molecule has 0 radical (unpaired) electrons. The number of rotatable bonds is 6. The fraction of sp³-hybridized carbons (Fsp3) is 0.357. The van der Waals surface area contributed by atoms with Crippen LogP contribution >= 0.6 is 27.5 Å². The highest BCUT2D eigenvalue weighted by Gasteiger charge is 2.04. The molecule has 1 aromatic carbocycles. The van der Waals surface area contributed by atoms with Gasteiger partial charge in [0.15, 0.2) is 0 Å². The molecular weight excluding hydrogens is 312 g/mol. The molecule has 0 fully saturated rings. The molecule has 0 bridgehead atoms. The number of hydrogen-bond donors (Lipinski definition) is 0. The van der Waals surface area contributed by atoms with E-state index in [9.17, 15) is 0 Å². The summed E-state index contributed by atoms with van der Waals surface area (Å²) in [6.45, 7) is 0.859. The first-order valence-corrected chi connectivity index (χ1v) is 7.42. The van der Waals surface area contributed by atoms with Gasteiger partial charge in [-0.1, -0.05) is 34.1 Å². The maximum absolute atomic E-state index is 5.70. The van der Waals surface area contributed by atoms with Gasteiger partial charge in [-0.2, -0.15) is 0 Å². The number of imidazole rings is 1. The summed E-state index contributed by atoms with van der Waals surface area (Å²) >= 11 is 9.28. The zero-order valence-corrected chi connectivity index (χ0v) is 12.5. The molecule has 2 nitrogen and oxygen atoms in total. The second-order valence-electron chi connectivity index (χ2n) is 4.25. The van der Waals surface area contributed by atoms with Gasteiger partial charge in [0.05, 0.1) is 6.33 Å². The van der Waals surface area contributed by atoms with Gasteiger partial charge in [-0.3, -0.25) is 0 Å². The normalized spacial score (nSPS) is 10.8. The smallest absolute Gasteiger partial charge is 0.0951 e. The fourth-order valence-corrected chi connectivity index (χ4v) is 2.51. The average molecular weight is 328 g/mol. The lowest BCUT2D eigenvalue weighted by molar-refractivity contribution is 0.696. The van der Waals surface area contributed by atoms with Gasteiger partial charge in [0.1, 0.15) is 0 Å². The molecule has 1 aromatic heterocycles. The van der Waals surface area contributed by atoms with Crippen molar-refractivity contribution in [2.75, 3.05) is 5.88 Å². The molecular formula is C14H16BrClN2.